The average molecular weight is 382 g/mol. The van der Waals surface area contributed by atoms with Gasteiger partial charge in [-0.1, -0.05) is 41.9 Å². The molecule has 3 rings (SSSR count). The highest BCUT2D eigenvalue weighted by Gasteiger charge is 2.07. The summed E-state index contributed by atoms with van der Waals surface area (Å²) in [5, 5.41) is 6.79. The van der Waals surface area contributed by atoms with Crippen molar-refractivity contribution in [2.24, 2.45) is 0 Å². The number of amides is 1. The molecule has 1 amide bonds. The second kappa shape index (κ2) is 9.05. The molecule has 0 spiro atoms. The Kier molecular flexibility index (Phi) is 6.28. The molecule has 3 aromatic rings. The minimum atomic E-state index is -0.158. The number of aromatic nitrogens is 1. The van der Waals surface area contributed by atoms with Gasteiger partial charge in [-0.15, -0.1) is 0 Å². The third-order valence-corrected chi connectivity index (χ3v) is 4.42. The third kappa shape index (κ3) is 5.21. The van der Waals surface area contributed by atoms with Crippen LogP contribution in [0.15, 0.2) is 66.9 Å². The van der Waals surface area contributed by atoms with Crippen LogP contribution in [0.25, 0.3) is 0 Å². The van der Waals surface area contributed by atoms with E-state index in [1.807, 2.05) is 48.5 Å². The summed E-state index contributed by atoms with van der Waals surface area (Å²) in [5.74, 6) is 1.24. The number of halogens is 1. The van der Waals surface area contributed by atoms with Crippen molar-refractivity contribution >= 4 is 23.3 Å². The molecule has 1 heterocycles. The zero-order valence-electron chi connectivity index (χ0n) is 14.9. The summed E-state index contributed by atoms with van der Waals surface area (Å²) in [5.41, 5.74) is 2.51. The lowest BCUT2D eigenvalue weighted by atomic mass is 10.2. The van der Waals surface area contributed by atoms with Crippen LogP contribution in [-0.2, 0) is 13.1 Å². The van der Waals surface area contributed by atoms with Gasteiger partial charge in [0.1, 0.15) is 11.6 Å². The molecular formula is C21H20ClN3O2. The van der Waals surface area contributed by atoms with Crippen LogP contribution in [0.3, 0.4) is 0 Å². The number of rotatable bonds is 7. The molecule has 6 heteroatoms. The Morgan fingerprint density at radius 1 is 1.07 bits per heavy atom. The molecule has 5 nitrogen and oxygen atoms in total. The number of anilines is 1. The number of methoxy groups -OCH3 is 1. The van der Waals surface area contributed by atoms with E-state index < -0.39 is 0 Å². The van der Waals surface area contributed by atoms with Gasteiger partial charge in [-0.2, -0.15) is 0 Å². The Labute approximate surface area is 163 Å². The van der Waals surface area contributed by atoms with E-state index in [4.69, 9.17) is 16.3 Å². The van der Waals surface area contributed by atoms with Gasteiger partial charge in [-0.3, -0.25) is 4.79 Å². The second-order valence-corrected chi connectivity index (χ2v) is 6.31. The first-order chi connectivity index (χ1) is 13.2. The van der Waals surface area contributed by atoms with Crippen LogP contribution in [-0.4, -0.2) is 18.0 Å². The minimum Gasteiger partial charge on any atom is -0.497 e. The van der Waals surface area contributed by atoms with Crippen molar-refractivity contribution in [3.63, 3.8) is 0 Å². The maximum Gasteiger partial charge on any atom is 0.251 e. The van der Waals surface area contributed by atoms with Crippen molar-refractivity contribution < 1.29 is 9.53 Å². The number of carbonyl (C=O) groups excluding carboxylic acids is 1. The van der Waals surface area contributed by atoms with Crippen molar-refractivity contribution in [3.05, 3.63) is 88.6 Å². The number of nitrogens with zero attached hydrogens (tertiary/aromatic N) is 1. The molecular weight excluding hydrogens is 362 g/mol. The zero-order valence-corrected chi connectivity index (χ0v) is 15.7. The largest absolute Gasteiger partial charge is 0.497 e. The Morgan fingerprint density at radius 3 is 2.59 bits per heavy atom. The SMILES string of the molecule is COc1ccc(CNC(=O)c2ccnc(NCc3ccccc3Cl)c2)cc1. The predicted molar refractivity (Wildman–Crippen MR) is 107 cm³/mol. The molecule has 2 aromatic carbocycles. The topological polar surface area (TPSA) is 63.2 Å². The van der Waals surface area contributed by atoms with Crippen molar-refractivity contribution in [1.29, 1.82) is 0 Å². The highest BCUT2D eigenvalue weighted by atomic mass is 35.5. The number of ether oxygens (including phenoxy) is 1. The van der Waals surface area contributed by atoms with Gasteiger partial charge in [0.15, 0.2) is 0 Å². The van der Waals surface area contributed by atoms with Crippen LogP contribution in [0.2, 0.25) is 5.02 Å². The van der Waals surface area contributed by atoms with Crippen LogP contribution >= 0.6 is 11.6 Å². The first kappa shape index (κ1) is 18.7. The highest BCUT2D eigenvalue weighted by molar-refractivity contribution is 6.31. The summed E-state index contributed by atoms with van der Waals surface area (Å²) in [6.07, 6.45) is 1.61. The monoisotopic (exact) mass is 381 g/mol. The maximum atomic E-state index is 12.4. The molecule has 138 valence electrons. The van der Waals surface area contributed by atoms with E-state index in [1.165, 1.54) is 0 Å². The van der Waals surface area contributed by atoms with E-state index in [0.29, 0.717) is 29.5 Å². The summed E-state index contributed by atoms with van der Waals surface area (Å²) in [4.78, 5) is 16.7. The fourth-order valence-electron chi connectivity index (χ4n) is 2.52. The summed E-state index contributed by atoms with van der Waals surface area (Å²) in [6, 6.07) is 18.6. The Bertz CT molecular complexity index is 913. The molecule has 0 fully saturated rings. The third-order valence-electron chi connectivity index (χ3n) is 4.05. The first-order valence-electron chi connectivity index (χ1n) is 8.50. The highest BCUT2D eigenvalue weighted by Crippen LogP contribution is 2.17. The predicted octanol–water partition coefficient (Wildman–Crippen LogP) is 4.29. The maximum absolute atomic E-state index is 12.4. The van der Waals surface area contributed by atoms with Gasteiger partial charge in [0.2, 0.25) is 0 Å². The fraction of sp³-hybridized carbons (Fsp3) is 0.143. The van der Waals surface area contributed by atoms with Gasteiger partial charge in [0.25, 0.3) is 5.91 Å². The Balaban J connectivity index is 1.58. The summed E-state index contributed by atoms with van der Waals surface area (Å²) >= 11 is 6.16. The molecule has 0 aliphatic heterocycles. The molecule has 0 saturated carbocycles. The van der Waals surface area contributed by atoms with Gasteiger partial charge in [0.05, 0.1) is 7.11 Å². The molecule has 0 atom stereocenters. The van der Waals surface area contributed by atoms with E-state index in [2.05, 4.69) is 15.6 Å². The number of hydrogen-bond donors (Lipinski definition) is 2. The molecule has 0 unspecified atom stereocenters. The molecule has 0 aliphatic rings. The second-order valence-electron chi connectivity index (χ2n) is 5.91. The molecule has 0 bridgehead atoms. The summed E-state index contributed by atoms with van der Waals surface area (Å²) in [7, 11) is 1.62. The van der Waals surface area contributed by atoms with E-state index in [-0.39, 0.29) is 5.91 Å². The lowest BCUT2D eigenvalue weighted by Crippen LogP contribution is -2.23. The van der Waals surface area contributed by atoms with Gasteiger partial charge >= 0.3 is 0 Å². The van der Waals surface area contributed by atoms with Crippen molar-refractivity contribution in [3.8, 4) is 5.75 Å². The number of pyridine rings is 1. The van der Waals surface area contributed by atoms with Crippen LogP contribution in [0, 0.1) is 0 Å². The van der Waals surface area contributed by atoms with Crippen molar-refractivity contribution in [2.45, 2.75) is 13.1 Å². The fourth-order valence-corrected chi connectivity index (χ4v) is 2.73. The number of benzene rings is 2. The van der Waals surface area contributed by atoms with Crippen LogP contribution < -0.4 is 15.4 Å². The average Bonchev–Trinajstić information content (AvgIpc) is 2.72. The Morgan fingerprint density at radius 2 is 1.85 bits per heavy atom. The van der Waals surface area contributed by atoms with Crippen LogP contribution in [0.1, 0.15) is 21.5 Å². The zero-order chi connectivity index (χ0) is 19.1. The standard InChI is InChI=1S/C21H20ClN3O2/c1-27-18-8-6-15(7-9-18)13-25-21(26)16-10-11-23-20(12-16)24-14-17-4-2-3-5-19(17)22/h2-12H,13-14H2,1H3,(H,23,24)(H,25,26). The van der Waals surface area contributed by atoms with E-state index >= 15 is 0 Å². The van der Waals surface area contributed by atoms with Crippen LogP contribution in [0.5, 0.6) is 5.75 Å². The summed E-state index contributed by atoms with van der Waals surface area (Å²) in [6.45, 7) is 0.969. The normalized spacial score (nSPS) is 10.3. The molecule has 1 aromatic heterocycles. The quantitative estimate of drug-likeness (QED) is 0.641. The van der Waals surface area contributed by atoms with Gasteiger partial charge < -0.3 is 15.4 Å². The minimum absolute atomic E-state index is 0.158. The van der Waals surface area contributed by atoms with E-state index in [9.17, 15) is 4.79 Å². The molecule has 0 saturated heterocycles. The van der Waals surface area contributed by atoms with Crippen LogP contribution in [0.4, 0.5) is 5.82 Å². The first-order valence-corrected chi connectivity index (χ1v) is 8.88. The van der Waals surface area contributed by atoms with Crippen molar-refractivity contribution in [2.75, 3.05) is 12.4 Å². The molecule has 0 aliphatic carbocycles. The summed E-state index contributed by atoms with van der Waals surface area (Å²) < 4.78 is 5.13. The molecule has 27 heavy (non-hydrogen) atoms. The van der Waals surface area contributed by atoms with E-state index in [1.54, 1.807) is 25.4 Å². The molecule has 2 N–H and O–H groups in total. The lowest BCUT2D eigenvalue weighted by Gasteiger charge is -2.09. The van der Waals surface area contributed by atoms with Gasteiger partial charge in [0, 0.05) is 29.9 Å². The smallest absolute Gasteiger partial charge is 0.251 e. The Hall–Kier alpha value is -3.05. The lowest BCUT2D eigenvalue weighted by molar-refractivity contribution is 0.0951. The number of nitrogens with one attached hydrogen (secondary N) is 2. The molecule has 0 radical (unpaired) electrons. The van der Waals surface area contributed by atoms with E-state index in [0.717, 1.165) is 16.9 Å². The number of carbonyl (C=O) groups is 1. The van der Waals surface area contributed by atoms with Gasteiger partial charge in [-0.25, -0.2) is 4.98 Å². The number of hydrogen-bond acceptors (Lipinski definition) is 4. The van der Waals surface area contributed by atoms with Gasteiger partial charge in [-0.05, 0) is 41.5 Å². The van der Waals surface area contributed by atoms with Crippen molar-refractivity contribution in [1.82, 2.24) is 10.3 Å².